The number of ether oxygens (including phenoxy) is 1. The molecule has 5 nitrogen and oxygen atoms in total. The van der Waals surface area contributed by atoms with E-state index in [1.165, 1.54) is 17.2 Å². The summed E-state index contributed by atoms with van der Waals surface area (Å²) in [6, 6.07) is 0. The first-order valence-electron chi connectivity index (χ1n) is 9.63. The molecule has 0 saturated carbocycles. The van der Waals surface area contributed by atoms with Crippen molar-refractivity contribution in [2.45, 2.75) is 70.7 Å². The van der Waals surface area contributed by atoms with E-state index in [2.05, 4.69) is 19.1 Å². The number of rotatable bonds is 10. The maximum Gasteiger partial charge on any atom is 0.190 e. The van der Waals surface area contributed by atoms with E-state index in [0.717, 1.165) is 31.3 Å². The number of epoxide rings is 1. The summed E-state index contributed by atoms with van der Waals surface area (Å²) in [5.74, 6) is -0.159. The van der Waals surface area contributed by atoms with Crippen LogP contribution in [-0.4, -0.2) is 52.1 Å². The van der Waals surface area contributed by atoms with Crippen LogP contribution >= 0.6 is 0 Å². The second-order valence-corrected chi connectivity index (χ2v) is 7.71. The lowest BCUT2D eigenvalue weighted by Crippen LogP contribution is -2.37. The van der Waals surface area contributed by atoms with Gasteiger partial charge in [0.05, 0.1) is 13.2 Å². The number of allylic oxidation sites excluding steroid dienone is 4. The molecule has 1 heterocycles. The van der Waals surface area contributed by atoms with Gasteiger partial charge in [0.2, 0.25) is 0 Å². The summed E-state index contributed by atoms with van der Waals surface area (Å²) >= 11 is 0. The van der Waals surface area contributed by atoms with E-state index in [9.17, 15) is 15.0 Å². The molecule has 2 aliphatic rings. The van der Waals surface area contributed by atoms with Crippen LogP contribution in [0.15, 0.2) is 46.6 Å². The number of hydrogen-bond acceptors (Lipinski definition) is 5. The number of fused-ring (bicyclic) bond motifs is 1. The zero-order chi connectivity index (χ0) is 20.0. The average molecular weight is 376 g/mol. The Morgan fingerprint density at radius 3 is 2.26 bits per heavy atom. The Morgan fingerprint density at radius 1 is 1.07 bits per heavy atom. The van der Waals surface area contributed by atoms with Crippen LogP contribution in [0.4, 0.5) is 0 Å². The highest BCUT2D eigenvalue weighted by Gasteiger charge is 2.66. The van der Waals surface area contributed by atoms with E-state index in [0.29, 0.717) is 12.0 Å². The molecule has 2 rings (SSSR count). The number of aliphatic hydroxyl groups excluding tert-OH is 3. The predicted molar refractivity (Wildman–Crippen MR) is 105 cm³/mol. The Bertz CT molecular complexity index is 670. The molecule has 1 aliphatic carbocycles. The lowest BCUT2D eigenvalue weighted by Gasteiger charge is -2.19. The van der Waals surface area contributed by atoms with Gasteiger partial charge in [-0.2, -0.15) is 0 Å². The quantitative estimate of drug-likeness (QED) is 0.403. The topological polar surface area (TPSA) is 90.3 Å². The van der Waals surface area contributed by atoms with E-state index in [1.54, 1.807) is 0 Å². The second kappa shape index (κ2) is 9.60. The van der Waals surface area contributed by atoms with Crippen LogP contribution in [0.25, 0.3) is 0 Å². The van der Waals surface area contributed by atoms with Gasteiger partial charge in [0.25, 0.3) is 0 Å². The molecule has 1 saturated heterocycles. The molecule has 0 spiro atoms. The van der Waals surface area contributed by atoms with Crippen molar-refractivity contribution in [3.63, 3.8) is 0 Å². The van der Waals surface area contributed by atoms with Gasteiger partial charge in [-0.25, -0.2) is 0 Å². The van der Waals surface area contributed by atoms with Crippen molar-refractivity contribution in [3.8, 4) is 0 Å². The summed E-state index contributed by atoms with van der Waals surface area (Å²) < 4.78 is 5.55. The van der Waals surface area contributed by atoms with Crippen LogP contribution in [0.1, 0.15) is 52.9 Å². The van der Waals surface area contributed by atoms with Crippen molar-refractivity contribution in [1.82, 2.24) is 0 Å². The first-order valence-corrected chi connectivity index (χ1v) is 9.63. The van der Waals surface area contributed by atoms with Crippen LogP contribution in [-0.2, 0) is 9.53 Å². The van der Waals surface area contributed by atoms with Crippen molar-refractivity contribution in [2.24, 2.45) is 0 Å². The minimum Gasteiger partial charge on any atom is -0.392 e. The van der Waals surface area contributed by atoms with Crippen LogP contribution in [0, 0.1) is 0 Å². The number of ketones is 1. The van der Waals surface area contributed by atoms with Gasteiger partial charge in [-0.15, -0.1) is 0 Å². The summed E-state index contributed by atoms with van der Waals surface area (Å²) in [6.07, 6.45) is 10.5. The van der Waals surface area contributed by atoms with Gasteiger partial charge in [-0.1, -0.05) is 34.9 Å². The average Bonchev–Trinajstić information content (AvgIpc) is 3.40. The molecule has 0 radical (unpaired) electrons. The van der Waals surface area contributed by atoms with Gasteiger partial charge in [-0.3, -0.25) is 4.79 Å². The molecule has 0 amide bonds. The smallest absolute Gasteiger partial charge is 0.190 e. The van der Waals surface area contributed by atoms with Gasteiger partial charge >= 0.3 is 0 Å². The highest BCUT2D eigenvalue weighted by molar-refractivity contribution is 6.02. The molecule has 0 aromatic heterocycles. The number of carbonyl (C=O) groups is 1. The standard InChI is InChI=1S/C22H32O5/c1-15(7-5-9-17(3)13-23)6-4-8-16(2)10-11-22-19(25)12-18(14-24)20(26)21(22)27-22/h6,9-10,12,20-21,23-24,26H,4-5,7-8,11,13-14H2,1-3H3. The summed E-state index contributed by atoms with van der Waals surface area (Å²) in [5, 5.41) is 28.3. The van der Waals surface area contributed by atoms with Crippen molar-refractivity contribution in [2.75, 3.05) is 13.2 Å². The summed E-state index contributed by atoms with van der Waals surface area (Å²) in [4.78, 5) is 12.3. The summed E-state index contributed by atoms with van der Waals surface area (Å²) in [5.41, 5.74) is 2.94. The first-order chi connectivity index (χ1) is 12.8. The third kappa shape index (κ3) is 5.48. The van der Waals surface area contributed by atoms with Gasteiger partial charge in [-0.05, 0) is 58.1 Å². The fourth-order valence-electron chi connectivity index (χ4n) is 3.37. The SMILES string of the molecule is CC(=CCCC(C)=CCCC(C)=CCC12OC1C(O)C(CO)=CC2=O)CO. The summed E-state index contributed by atoms with van der Waals surface area (Å²) in [7, 11) is 0. The van der Waals surface area contributed by atoms with Crippen LogP contribution in [0.2, 0.25) is 0 Å². The molecule has 0 bridgehead atoms. The Hall–Kier alpha value is -1.53. The van der Waals surface area contributed by atoms with Crippen LogP contribution in [0.3, 0.4) is 0 Å². The number of hydrogen-bond donors (Lipinski definition) is 3. The molecular weight excluding hydrogens is 344 g/mol. The summed E-state index contributed by atoms with van der Waals surface area (Å²) in [6.45, 7) is 5.89. The normalized spacial score (nSPS) is 28.9. The molecule has 0 aromatic carbocycles. The minimum atomic E-state index is -0.929. The molecule has 0 aromatic rings. The maximum atomic E-state index is 12.3. The van der Waals surface area contributed by atoms with E-state index >= 15 is 0 Å². The fourth-order valence-corrected chi connectivity index (χ4v) is 3.37. The van der Waals surface area contributed by atoms with E-state index < -0.39 is 17.8 Å². The monoisotopic (exact) mass is 376 g/mol. The van der Waals surface area contributed by atoms with Gasteiger partial charge in [0.15, 0.2) is 11.4 Å². The van der Waals surface area contributed by atoms with Crippen molar-refractivity contribution < 1.29 is 24.9 Å². The fraction of sp³-hybridized carbons (Fsp3) is 0.591. The largest absolute Gasteiger partial charge is 0.392 e. The predicted octanol–water partition coefficient (Wildman–Crippen LogP) is 2.77. The second-order valence-electron chi connectivity index (χ2n) is 7.71. The van der Waals surface area contributed by atoms with Gasteiger partial charge in [0.1, 0.15) is 12.2 Å². The highest BCUT2D eigenvalue weighted by Crippen LogP contribution is 2.48. The molecule has 1 fully saturated rings. The molecule has 5 heteroatoms. The van der Waals surface area contributed by atoms with Crippen molar-refractivity contribution >= 4 is 5.78 Å². The molecule has 3 atom stereocenters. The number of carbonyl (C=O) groups excluding carboxylic acids is 1. The molecular formula is C22H32O5. The molecule has 3 unspecified atom stereocenters. The van der Waals surface area contributed by atoms with E-state index in [4.69, 9.17) is 9.84 Å². The Morgan fingerprint density at radius 2 is 1.67 bits per heavy atom. The molecule has 1 aliphatic heterocycles. The lowest BCUT2D eigenvalue weighted by molar-refractivity contribution is -0.119. The van der Waals surface area contributed by atoms with Gasteiger partial charge in [0, 0.05) is 6.42 Å². The molecule has 3 N–H and O–H groups in total. The molecule has 150 valence electrons. The first kappa shape index (κ1) is 21.8. The number of aliphatic hydroxyl groups is 3. The van der Waals surface area contributed by atoms with Crippen molar-refractivity contribution in [1.29, 1.82) is 0 Å². The van der Waals surface area contributed by atoms with Crippen LogP contribution < -0.4 is 0 Å². The minimum absolute atomic E-state index is 0.120. The highest BCUT2D eigenvalue weighted by atomic mass is 16.6. The maximum absolute atomic E-state index is 12.3. The third-order valence-electron chi connectivity index (χ3n) is 5.39. The van der Waals surface area contributed by atoms with E-state index in [-0.39, 0.29) is 19.0 Å². The zero-order valence-corrected chi connectivity index (χ0v) is 16.6. The Kier molecular flexibility index (Phi) is 7.74. The Balaban J connectivity index is 1.80. The molecule has 27 heavy (non-hydrogen) atoms. The van der Waals surface area contributed by atoms with E-state index in [1.807, 2.05) is 19.9 Å². The van der Waals surface area contributed by atoms with Crippen molar-refractivity contribution in [3.05, 3.63) is 46.6 Å². The van der Waals surface area contributed by atoms with Crippen LogP contribution in [0.5, 0.6) is 0 Å². The third-order valence-corrected chi connectivity index (χ3v) is 5.39. The lowest BCUT2D eigenvalue weighted by atomic mass is 9.84. The zero-order valence-electron chi connectivity index (χ0n) is 16.6. The Labute approximate surface area is 161 Å². The van der Waals surface area contributed by atoms with Gasteiger partial charge < -0.3 is 20.1 Å².